The van der Waals surface area contributed by atoms with Crippen LogP contribution in [0.15, 0.2) is 42.6 Å². The Labute approximate surface area is 130 Å². The number of para-hydroxylation sites is 1. The maximum atomic E-state index is 9.18. The number of nitrogens with one attached hydrogen (secondary N) is 1. The number of hydrogen-bond donors (Lipinski definition) is 2. The van der Waals surface area contributed by atoms with E-state index in [0.29, 0.717) is 30.4 Å². The molecule has 116 valence electrons. The summed E-state index contributed by atoms with van der Waals surface area (Å²) in [4.78, 5) is 8.67. The van der Waals surface area contributed by atoms with Gasteiger partial charge in [0.05, 0.1) is 0 Å². The lowest BCUT2D eigenvalue weighted by atomic mass is 9.87. The third-order valence-electron chi connectivity index (χ3n) is 4.03. The summed E-state index contributed by atoms with van der Waals surface area (Å²) < 4.78 is 5.72. The quantitative estimate of drug-likeness (QED) is 0.887. The molecule has 22 heavy (non-hydrogen) atoms. The van der Waals surface area contributed by atoms with Crippen LogP contribution >= 0.6 is 0 Å². The molecule has 1 fully saturated rings. The fourth-order valence-corrected chi connectivity index (χ4v) is 2.75. The van der Waals surface area contributed by atoms with E-state index >= 15 is 0 Å². The number of ether oxygens (including phenoxy) is 1. The molecule has 2 N–H and O–H groups in total. The van der Waals surface area contributed by atoms with Crippen molar-refractivity contribution in [3.63, 3.8) is 0 Å². The van der Waals surface area contributed by atoms with Gasteiger partial charge in [0.1, 0.15) is 5.75 Å². The predicted octanol–water partition coefficient (Wildman–Crippen LogP) is 3.23. The SMILES string of the molecule is OCC1CCC(Nc2nccc(Oc3ccccc3)n2)CC1. The number of nitrogens with zero attached hydrogens (tertiary/aromatic N) is 2. The van der Waals surface area contributed by atoms with Crippen molar-refractivity contribution in [3.05, 3.63) is 42.6 Å². The fraction of sp³-hybridized carbons (Fsp3) is 0.412. The van der Waals surface area contributed by atoms with Crippen molar-refractivity contribution in [1.82, 2.24) is 9.97 Å². The second-order valence-corrected chi connectivity index (χ2v) is 5.68. The Morgan fingerprint density at radius 3 is 2.59 bits per heavy atom. The summed E-state index contributed by atoms with van der Waals surface area (Å²) in [7, 11) is 0. The molecule has 1 saturated carbocycles. The molecule has 0 spiro atoms. The van der Waals surface area contributed by atoms with Gasteiger partial charge < -0.3 is 15.2 Å². The van der Waals surface area contributed by atoms with Crippen LogP contribution in [0.2, 0.25) is 0 Å². The van der Waals surface area contributed by atoms with Crippen LogP contribution in [0.5, 0.6) is 11.6 Å². The van der Waals surface area contributed by atoms with Crippen LogP contribution in [0, 0.1) is 5.92 Å². The lowest BCUT2D eigenvalue weighted by Gasteiger charge is -2.27. The number of anilines is 1. The van der Waals surface area contributed by atoms with Gasteiger partial charge in [-0.25, -0.2) is 4.98 Å². The summed E-state index contributed by atoms with van der Waals surface area (Å²) in [5.74, 6) is 2.34. The molecule has 0 saturated heterocycles. The first-order valence-corrected chi connectivity index (χ1v) is 7.77. The third kappa shape index (κ3) is 3.95. The summed E-state index contributed by atoms with van der Waals surface area (Å²) in [5.41, 5.74) is 0. The predicted molar refractivity (Wildman–Crippen MR) is 85.0 cm³/mol. The molecule has 1 aliphatic rings. The molecular formula is C17H21N3O2. The summed E-state index contributed by atoms with van der Waals surface area (Å²) in [6, 6.07) is 11.7. The van der Waals surface area contributed by atoms with Gasteiger partial charge in [0.25, 0.3) is 0 Å². The van der Waals surface area contributed by atoms with Crippen molar-refractivity contribution in [2.45, 2.75) is 31.7 Å². The Morgan fingerprint density at radius 1 is 1.09 bits per heavy atom. The van der Waals surface area contributed by atoms with Gasteiger partial charge in [-0.3, -0.25) is 0 Å². The van der Waals surface area contributed by atoms with Crippen LogP contribution in [0.25, 0.3) is 0 Å². The molecule has 1 aromatic heterocycles. The zero-order valence-electron chi connectivity index (χ0n) is 12.5. The van der Waals surface area contributed by atoms with Crippen LogP contribution in [0.4, 0.5) is 5.95 Å². The summed E-state index contributed by atoms with van der Waals surface area (Å²) >= 11 is 0. The molecule has 0 atom stereocenters. The van der Waals surface area contributed by atoms with Gasteiger partial charge in [0.2, 0.25) is 11.8 Å². The molecule has 3 rings (SSSR count). The molecule has 5 nitrogen and oxygen atoms in total. The maximum Gasteiger partial charge on any atom is 0.226 e. The third-order valence-corrected chi connectivity index (χ3v) is 4.03. The number of aliphatic hydroxyl groups excluding tert-OH is 1. The van der Waals surface area contributed by atoms with Crippen molar-refractivity contribution in [3.8, 4) is 11.6 Å². The lowest BCUT2D eigenvalue weighted by molar-refractivity contribution is 0.185. The minimum absolute atomic E-state index is 0.295. The maximum absolute atomic E-state index is 9.18. The molecule has 1 aromatic carbocycles. The zero-order valence-corrected chi connectivity index (χ0v) is 12.5. The smallest absolute Gasteiger partial charge is 0.226 e. The second kappa shape index (κ2) is 7.22. The van der Waals surface area contributed by atoms with E-state index in [0.717, 1.165) is 31.4 Å². The minimum Gasteiger partial charge on any atom is -0.439 e. The highest BCUT2D eigenvalue weighted by Crippen LogP contribution is 2.26. The molecule has 0 aliphatic heterocycles. The van der Waals surface area contributed by atoms with Gasteiger partial charge >= 0.3 is 0 Å². The van der Waals surface area contributed by atoms with Gasteiger partial charge in [-0.2, -0.15) is 4.98 Å². The Balaban J connectivity index is 1.60. The van der Waals surface area contributed by atoms with Crippen molar-refractivity contribution in [1.29, 1.82) is 0 Å². The molecule has 0 radical (unpaired) electrons. The average molecular weight is 299 g/mol. The number of benzene rings is 1. The van der Waals surface area contributed by atoms with Gasteiger partial charge in [0.15, 0.2) is 0 Å². The van der Waals surface area contributed by atoms with Crippen molar-refractivity contribution >= 4 is 5.95 Å². The first-order valence-electron chi connectivity index (χ1n) is 7.77. The Kier molecular flexibility index (Phi) is 4.85. The summed E-state index contributed by atoms with van der Waals surface area (Å²) in [5, 5.41) is 12.5. The molecule has 2 aromatic rings. The minimum atomic E-state index is 0.295. The van der Waals surface area contributed by atoms with Crippen molar-refractivity contribution < 1.29 is 9.84 Å². The number of rotatable bonds is 5. The summed E-state index contributed by atoms with van der Waals surface area (Å²) in [6.07, 6.45) is 5.88. The molecule has 1 heterocycles. The van der Waals surface area contributed by atoms with Crippen molar-refractivity contribution in [2.75, 3.05) is 11.9 Å². The van der Waals surface area contributed by atoms with Gasteiger partial charge in [0, 0.05) is 24.9 Å². The van der Waals surface area contributed by atoms with E-state index in [2.05, 4.69) is 15.3 Å². The first-order chi connectivity index (χ1) is 10.8. The van der Waals surface area contributed by atoms with Gasteiger partial charge in [-0.1, -0.05) is 18.2 Å². The van der Waals surface area contributed by atoms with Crippen LogP contribution in [-0.4, -0.2) is 27.7 Å². The first kappa shape index (κ1) is 14.8. The Morgan fingerprint density at radius 2 is 1.86 bits per heavy atom. The Bertz CT molecular complexity index is 583. The second-order valence-electron chi connectivity index (χ2n) is 5.68. The van der Waals surface area contributed by atoms with Crippen LogP contribution < -0.4 is 10.1 Å². The molecular weight excluding hydrogens is 278 g/mol. The van der Waals surface area contributed by atoms with E-state index in [1.165, 1.54) is 0 Å². The monoisotopic (exact) mass is 299 g/mol. The van der Waals surface area contributed by atoms with E-state index in [1.54, 1.807) is 12.3 Å². The average Bonchev–Trinajstić information content (AvgIpc) is 2.57. The van der Waals surface area contributed by atoms with Gasteiger partial charge in [-0.15, -0.1) is 0 Å². The van der Waals surface area contributed by atoms with Crippen LogP contribution in [0.3, 0.4) is 0 Å². The number of aliphatic hydroxyl groups is 1. The van der Waals surface area contributed by atoms with Crippen LogP contribution in [0.1, 0.15) is 25.7 Å². The molecule has 0 bridgehead atoms. The fourth-order valence-electron chi connectivity index (χ4n) is 2.75. The van der Waals surface area contributed by atoms with E-state index in [-0.39, 0.29) is 0 Å². The number of hydrogen-bond acceptors (Lipinski definition) is 5. The standard InChI is InChI=1S/C17H21N3O2/c21-12-13-6-8-14(9-7-13)19-17-18-11-10-16(20-17)22-15-4-2-1-3-5-15/h1-5,10-11,13-14,21H,6-9,12H2,(H,18,19,20). The highest BCUT2D eigenvalue weighted by atomic mass is 16.5. The largest absolute Gasteiger partial charge is 0.439 e. The van der Waals surface area contributed by atoms with Gasteiger partial charge in [-0.05, 0) is 43.7 Å². The zero-order chi connectivity index (χ0) is 15.2. The molecule has 5 heteroatoms. The van der Waals surface area contributed by atoms with E-state index in [4.69, 9.17) is 4.74 Å². The van der Waals surface area contributed by atoms with E-state index < -0.39 is 0 Å². The highest BCUT2D eigenvalue weighted by molar-refractivity contribution is 5.32. The Hall–Kier alpha value is -2.14. The topological polar surface area (TPSA) is 67.3 Å². The highest BCUT2D eigenvalue weighted by Gasteiger charge is 2.21. The molecule has 0 unspecified atom stereocenters. The molecule has 1 aliphatic carbocycles. The normalized spacial score (nSPS) is 21.3. The van der Waals surface area contributed by atoms with E-state index in [9.17, 15) is 5.11 Å². The lowest BCUT2D eigenvalue weighted by Crippen LogP contribution is -2.28. The van der Waals surface area contributed by atoms with E-state index in [1.807, 2.05) is 30.3 Å². The van der Waals surface area contributed by atoms with Crippen molar-refractivity contribution in [2.24, 2.45) is 5.92 Å². The number of aromatic nitrogens is 2. The molecule has 0 amide bonds. The summed E-state index contributed by atoms with van der Waals surface area (Å²) in [6.45, 7) is 0.295. The van der Waals surface area contributed by atoms with Crippen LogP contribution in [-0.2, 0) is 0 Å².